The molecule has 2 rings (SSSR count). The molecule has 0 N–H and O–H groups in total. The first kappa shape index (κ1) is 14.3. The number of hydrogen-bond acceptors (Lipinski definition) is 2. The molecule has 1 aromatic rings. The maximum atomic E-state index is 12.6. The van der Waals surface area contributed by atoms with Gasteiger partial charge < -0.3 is 4.57 Å². The van der Waals surface area contributed by atoms with Gasteiger partial charge >= 0.3 is 0 Å². The van der Waals surface area contributed by atoms with Gasteiger partial charge in [-0.3, -0.25) is 4.79 Å². The second-order valence-electron chi connectivity index (χ2n) is 6.47. The molecular formula is C16H26N2O. The van der Waals surface area contributed by atoms with Crippen LogP contribution in [0.1, 0.15) is 58.7 Å². The summed E-state index contributed by atoms with van der Waals surface area (Å²) in [5.74, 6) is 1.54. The fraction of sp³-hybridized carbons (Fsp3) is 0.750. The van der Waals surface area contributed by atoms with E-state index < -0.39 is 0 Å². The summed E-state index contributed by atoms with van der Waals surface area (Å²) in [6, 6.07) is 0. The molecule has 0 spiro atoms. The molecule has 1 unspecified atom stereocenters. The summed E-state index contributed by atoms with van der Waals surface area (Å²) in [7, 11) is 0. The Morgan fingerprint density at radius 2 is 2.26 bits per heavy atom. The highest BCUT2D eigenvalue weighted by Crippen LogP contribution is 2.41. The Morgan fingerprint density at radius 3 is 2.95 bits per heavy atom. The van der Waals surface area contributed by atoms with Crippen molar-refractivity contribution in [3.8, 4) is 0 Å². The first-order valence-electron chi connectivity index (χ1n) is 7.57. The van der Waals surface area contributed by atoms with E-state index in [2.05, 4.69) is 30.3 Å². The quantitative estimate of drug-likeness (QED) is 0.812. The van der Waals surface area contributed by atoms with Gasteiger partial charge in [0.15, 0.2) is 0 Å². The Kier molecular flexibility index (Phi) is 4.43. The normalized spacial score (nSPS) is 22.4. The van der Waals surface area contributed by atoms with E-state index in [9.17, 15) is 4.79 Å². The van der Waals surface area contributed by atoms with Crippen molar-refractivity contribution < 1.29 is 4.79 Å². The Balaban J connectivity index is 2.05. The Morgan fingerprint density at radius 1 is 1.47 bits per heavy atom. The summed E-state index contributed by atoms with van der Waals surface area (Å²) in [4.78, 5) is 16.9. The molecule has 0 radical (unpaired) electrons. The van der Waals surface area contributed by atoms with Crippen LogP contribution in [0.25, 0.3) is 0 Å². The number of imidazole rings is 1. The second kappa shape index (κ2) is 5.89. The molecule has 0 aromatic carbocycles. The molecule has 3 nitrogen and oxygen atoms in total. The van der Waals surface area contributed by atoms with E-state index in [1.807, 2.05) is 12.4 Å². The van der Waals surface area contributed by atoms with Crippen molar-refractivity contribution in [2.45, 2.75) is 65.8 Å². The zero-order chi connectivity index (χ0) is 13.9. The van der Waals surface area contributed by atoms with Crippen molar-refractivity contribution in [3.63, 3.8) is 0 Å². The number of rotatable bonds is 5. The molecule has 0 bridgehead atoms. The average Bonchev–Trinajstić information content (AvgIpc) is 2.76. The lowest BCUT2D eigenvalue weighted by atomic mass is 9.67. The standard InChI is InChI=1S/C16H26N2O/c1-4-10-18-11-9-17-15(18)12-14(19)13-7-5-6-8-16(13,2)3/h9,11,13H,4-8,10,12H2,1-3H3. The minimum Gasteiger partial charge on any atom is -0.335 e. The number of carbonyl (C=O) groups excluding carboxylic acids is 1. The van der Waals surface area contributed by atoms with Gasteiger partial charge in [-0.1, -0.05) is 33.6 Å². The largest absolute Gasteiger partial charge is 0.335 e. The molecule has 0 saturated heterocycles. The van der Waals surface area contributed by atoms with Crippen LogP contribution in [0.2, 0.25) is 0 Å². The molecule has 0 amide bonds. The number of aryl methyl sites for hydroxylation is 1. The second-order valence-corrected chi connectivity index (χ2v) is 6.47. The minimum atomic E-state index is 0.164. The Bertz CT molecular complexity index is 434. The molecule has 1 saturated carbocycles. The van der Waals surface area contributed by atoms with Gasteiger partial charge in [0, 0.05) is 24.9 Å². The number of hydrogen-bond donors (Lipinski definition) is 0. The van der Waals surface area contributed by atoms with Gasteiger partial charge in [0.1, 0.15) is 11.6 Å². The number of aromatic nitrogens is 2. The van der Waals surface area contributed by atoms with Gasteiger partial charge in [0.25, 0.3) is 0 Å². The van der Waals surface area contributed by atoms with Crippen LogP contribution in [0.5, 0.6) is 0 Å². The molecule has 106 valence electrons. The van der Waals surface area contributed by atoms with Crippen LogP contribution in [0, 0.1) is 11.3 Å². The SMILES string of the molecule is CCCn1ccnc1CC(=O)C1CCCCC1(C)C. The Labute approximate surface area is 116 Å². The summed E-state index contributed by atoms with van der Waals surface area (Å²) in [5.41, 5.74) is 0.164. The first-order chi connectivity index (χ1) is 9.04. The molecule has 1 fully saturated rings. The van der Waals surface area contributed by atoms with E-state index in [1.54, 1.807) is 0 Å². The van der Waals surface area contributed by atoms with E-state index in [0.717, 1.165) is 25.2 Å². The molecule has 1 aromatic heterocycles. The Hall–Kier alpha value is -1.12. The van der Waals surface area contributed by atoms with Crippen LogP contribution in [-0.2, 0) is 17.8 Å². The highest BCUT2D eigenvalue weighted by molar-refractivity contribution is 5.83. The van der Waals surface area contributed by atoms with Crippen LogP contribution in [0.3, 0.4) is 0 Å². The van der Waals surface area contributed by atoms with Gasteiger partial charge in [-0.25, -0.2) is 4.98 Å². The maximum Gasteiger partial charge on any atom is 0.144 e. The van der Waals surface area contributed by atoms with Crippen molar-refractivity contribution in [2.24, 2.45) is 11.3 Å². The lowest BCUT2D eigenvalue weighted by Gasteiger charge is -2.37. The summed E-state index contributed by atoms with van der Waals surface area (Å²) < 4.78 is 2.12. The number of Topliss-reactive ketones (excluding diaryl/α,β-unsaturated/α-hetero) is 1. The highest BCUT2D eigenvalue weighted by atomic mass is 16.1. The van der Waals surface area contributed by atoms with E-state index >= 15 is 0 Å². The molecule has 0 aliphatic heterocycles. The minimum absolute atomic E-state index is 0.164. The molecule has 1 aliphatic carbocycles. The maximum absolute atomic E-state index is 12.6. The summed E-state index contributed by atoms with van der Waals surface area (Å²) in [6.07, 6.45) is 10.1. The highest BCUT2D eigenvalue weighted by Gasteiger charge is 2.37. The smallest absolute Gasteiger partial charge is 0.144 e. The monoisotopic (exact) mass is 262 g/mol. The van der Waals surface area contributed by atoms with Crippen LogP contribution >= 0.6 is 0 Å². The van der Waals surface area contributed by atoms with E-state index in [0.29, 0.717) is 12.2 Å². The zero-order valence-corrected chi connectivity index (χ0v) is 12.5. The van der Waals surface area contributed by atoms with Gasteiger partial charge in [0.05, 0.1) is 6.42 Å². The molecule has 19 heavy (non-hydrogen) atoms. The van der Waals surface area contributed by atoms with Crippen molar-refractivity contribution in [1.29, 1.82) is 0 Å². The summed E-state index contributed by atoms with van der Waals surface area (Å²) in [5, 5.41) is 0. The molecule has 1 heterocycles. The van der Waals surface area contributed by atoms with Crippen LogP contribution in [0.15, 0.2) is 12.4 Å². The third kappa shape index (κ3) is 3.26. The predicted octanol–water partition coefficient (Wildman–Crippen LogP) is 3.62. The van der Waals surface area contributed by atoms with Crippen molar-refractivity contribution >= 4 is 5.78 Å². The number of carbonyl (C=O) groups is 1. The predicted molar refractivity (Wildman–Crippen MR) is 77.0 cm³/mol. The summed E-state index contributed by atoms with van der Waals surface area (Å²) >= 11 is 0. The van der Waals surface area contributed by atoms with E-state index in [-0.39, 0.29) is 11.3 Å². The molecule has 3 heteroatoms. The molecule has 1 atom stereocenters. The fourth-order valence-electron chi connectivity index (χ4n) is 3.32. The molecular weight excluding hydrogens is 236 g/mol. The van der Waals surface area contributed by atoms with Crippen LogP contribution in [-0.4, -0.2) is 15.3 Å². The van der Waals surface area contributed by atoms with Crippen molar-refractivity contribution in [2.75, 3.05) is 0 Å². The van der Waals surface area contributed by atoms with Crippen molar-refractivity contribution in [1.82, 2.24) is 9.55 Å². The third-order valence-corrected chi connectivity index (χ3v) is 4.49. The lowest BCUT2D eigenvalue weighted by Crippen LogP contribution is -2.35. The zero-order valence-electron chi connectivity index (χ0n) is 12.5. The number of nitrogens with zero attached hydrogens (tertiary/aromatic N) is 2. The van der Waals surface area contributed by atoms with Crippen LogP contribution < -0.4 is 0 Å². The van der Waals surface area contributed by atoms with Gasteiger partial charge in [-0.15, -0.1) is 0 Å². The van der Waals surface area contributed by atoms with E-state index in [1.165, 1.54) is 19.3 Å². The summed E-state index contributed by atoms with van der Waals surface area (Å²) in [6.45, 7) is 7.59. The van der Waals surface area contributed by atoms with Crippen molar-refractivity contribution in [3.05, 3.63) is 18.2 Å². The van der Waals surface area contributed by atoms with Gasteiger partial charge in [0.2, 0.25) is 0 Å². The van der Waals surface area contributed by atoms with Gasteiger partial charge in [-0.2, -0.15) is 0 Å². The van der Waals surface area contributed by atoms with Crippen LogP contribution in [0.4, 0.5) is 0 Å². The van der Waals surface area contributed by atoms with Gasteiger partial charge in [-0.05, 0) is 24.7 Å². The number of ketones is 1. The molecule has 1 aliphatic rings. The lowest BCUT2D eigenvalue weighted by molar-refractivity contribution is -0.127. The topological polar surface area (TPSA) is 34.9 Å². The first-order valence-corrected chi connectivity index (χ1v) is 7.57. The third-order valence-electron chi connectivity index (χ3n) is 4.49. The fourth-order valence-corrected chi connectivity index (χ4v) is 3.32. The average molecular weight is 262 g/mol. The van der Waals surface area contributed by atoms with E-state index in [4.69, 9.17) is 0 Å².